The molecule has 4 aromatic carbocycles. The minimum absolute atomic E-state index is 0.0545. The van der Waals surface area contributed by atoms with Crippen LogP contribution in [0.15, 0.2) is 97.1 Å². The largest absolute Gasteiger partial charge is 0.478 e. The number of amides is 2. The number of aromatic carboxylic acids is 1. The average Bonchev–Trinajstić information content (AvgIpc) is 3.32. The van der Waals surface area contributed by atoms with Gasteiger partial charge in [0.05, 0.1) is 24.0 Å². The molecule has 0 fully saturated rings. The average molecular weight is 565 g/mol. The first-order valence-electron chi connectivity index (χ1n) is 13.7. The van der Waals surface area contributed by atoms with Crippen molar-refractivity contribution in [3.63, 3.8) is 0 Å². The van der Waals surface area contributed by atoms with Crippen molar-refractivity contribution in [1.82, 2.24) is 5.32 Å². The molecule has 0 aliphatic heterocycles. The van der Waals surface area contributed by atoms with Crippen molar-refractivity contribution in [2.75, 3.05) is 11.9 Å². The second-order valence-electron chi connectivity index (χ2n) is 10.3. The van der Waals surface area contributed by atoms with Crippen molar-refractivity contribution in [2.24, 2.45) is 0 Å². The lowest BCUT2D eigenvalue weighted by molar-refractivity contribution is -0.121. The summed E-state index contributed by atoms with van der Waals surface area (Å²) < 4.78 is 11.7. The topological polar surface area (TPSA) is 114 Å². The molecule has 8 nitrogen and oxygen atoms in total. The molecule has 4 aromatic rings. The highest BCUT2D eigenvalue weighted by atomic mass is 16.5. The number of anilines is 1. The van der Waals surface area contributed by atoms with Crippen LogP contribution in [0, 0.1) is 6.92 Å². The third-order valence-corrected chi connectivity index (χ3v) is 7.39. The summed E-state index contributed by atoms with van der Waals surface area (Å²) in [7, 11) is 0. The Bertz CT molecular complexity index is 1560. The quantitative estimate of drug-likeness (QED) is 0.213. The summed E-state index contributed by atoms with van der Waals surface area (Å²) in [6.07, 6.45) is -1.56. The third kappa shape index (κ3) is 6.34. The number of carboxylic acids is 1. The van der Waals surface area contributed by atoms with E-state index in [2.05, 4.69) is 22.8 Å². The first-order chi connectivity index (χ1) is 20.3. The van der Waals surface area contributed by atoms with Crippen molar-refractivity contribution in [3.8, 4) is 11.1 Å². The van der Waals surface area contributed by atoms with E-state index in [-0.39, 0.29) is 30.4 Å². The zero-order chi connectivity index (χ0) is 29.6. The maximum atomic E-state index is 13.5. The maximum Gasteiger partial charge on any atom is 0.407 e. The molecule has 0 spiro atoms. The number of carbonyl (C=O) groups excluding carboxylic acids is 2. The number of alkyl carbamates (subject to hydrolysis) is 1. The first-order valence-corrected chi connectivity index (χ1v) is 13.7. The first kappa shape index (κ1) is 28.6. The van der Waals surface area contributed by atoms with E-state index < -0.39 is 30.1 Å². The summed E-state index contributed by atoms with van der Waals surface area (Å²) in [5.74, 6) is -1.95. The molecule has 5 rings (SSSR count). The Morgan fingerprint density at radius 2 is 1.48 bits per heavy atom. The molecule has 1 aliphatic carbocycles. The van der Waals surface area contributed by atoms with Crippen LogP contribution in [-0.2, 0) is 20.9 Å². The normalized spacial score (nSPS) is 13.4. The smallest absolute Gasteiger partial charge is 0.407 e. The lowest BCUT2D eigenvalue weighted by Crippen LogP contribution is -2.51. The molecule has 42 heavy (non-hydrogen) atoms. The Labute approximate surface area is 244 Å². The summed E-state index contributed by atoms with van der Waals surface area (Å²) in [6.45, 7) is 3.72. The Balaban J connectivity index is 1.32. The summed E-state index contributed by atoms with van der Waals surface area (Å²) in [5.41, 5.74) is 6.05. The van der Waals surface area contributed by atoms with Crippen LogP contribution in [0.2, 0.25) is 0 Å². The molecule has 0 saturated carbocycles. The van der Waals surface area contributed by atoms with E-state index in [4.69, 9.17) is 9.47 Å². The molecule has 0 bridgehead atoms. The SMILES string of the molecule is Cc1ccc(NC(=O)[C@H](NC(=O)OCC2c3ccccc3-c3ccccc32)[C@H](C)OCc2ccccc2)c(C(=O)O)c1. The van der Waals surface area contributed by atoms with Crippen molar-refractivity contribution >= 4 is 23.7 Å². The van der Waals surface area contributed by atoms with Crippen LogP contribution in [0.4, 0.5) is 10.5 Å². The molecule has 0 radical (unpaired) electrons. The maximum absolute atomic E-state index is 13.5. The van der Waals surface area contributed by atoms with Crippen molar-refractivity contribution in [3.05, 3.63) is 125 Å². The van der Waals surface area contributed by atoms with Crippen molar-refractivity contribution in [2.45, 2.75) is 38.5 Å². The van der Waals surface area contributed by atoms with Crippen LogP contribution in [0.25, 0.3) is 11.1 Å². The zero-order valence-electron chi connectivity index (χ0n) is 23.4. The predicted octanol–water partition coefficient (Wildman–Crippen LogP) is 6.14. The van der Waals surface area contributed by atoms with Crippen molar-refractivity contribution < 1.29 is 29.0 Å². The van der Waals surface area contributed by atoms with Crippen LogP contribution >= 0.6 is 0 Å². The van der Waals surface area contributed by atoms with Gasteiger partial charge in [0.25, 0.3) is 0 Å². The fourth-order valence-electron chi connectivity index (χ4n) is 5.22. The van der Waals surface area contributed by atoms with Gasteiger partial charge in [0.15, 0.2) is 0 Å². The Hall–Kier alpha value is -4.95. The number of nitrogens with one attached hydrogen (secondary N) is 2. The molecule has 0 unspecified atom stereocenters. The van der Waals surface area contributed by atoms with Crippen LogP contribution in [0.3, 0.4) is 0 Å². The fraction of sp³-hybridized carbons (Fsp3) is 0.206. The lowest BCUT2D eigenvalue weighted by Gasteiger charge is -2.25. The second kappa shape index (κ2) is 12.7. The molecule has 8 heteroatoms. The van der Waals surface area contributed by atoms with Gasteiger partial charge in [-0.3, -0.25) is 4.79 Å². The predicted molar refractivity (Wildman–Crippen MR) is 159 cm³/mol. The molecular formula is C34H32N2O6. The number of aryl methyl sites for hydroxylation is 1. The molecule has 0 saturated heterocycles. The highest BCUT2D eigenvalue weighted by molar-refractivity contribution is 6.03. The number of carboxylic acid groups (broad SMARTS) is 1. The number of rotatable bonds is 10. The van der Waals surface area contributed by atoms with Gasteiger partial charge >= 0.3 is 12.1 Å². The van der Waals surface area contributed by atoms with E-state index >= 15 is 0 Å². The van der Waals surface area contributed by atoms with Crippen molar-refractivity contribution in [1.29, 1.82) is 0 Å². The number of hydrogen-bond acceptors (Lipinski definition) is 5. The highest BCUT2D eigenvalue weighted by Gasteiger charge is 2.32. The number of benzene rings is 4. The van der Waals surface area contributed by atoms with E-state index in [0.29, 0.717) is 0 Å². The standard InChI is InChI=1S/C34H32N2O6/c1-21-16-17-30(28(18-21)33(38)39)35-32(37)31(22(2)41-19-23-10-4-3-5-11-23)36-34(40)42-20-29-26-14-8-6-12-24(26)25-13-7-9-15-27(25)29/h3-18,22,29,31H,19-20H2,1-2H3,(H,35,37)(H,36,40)(H,38,39)/t22-,31+/m0/s1. The van der Waals surface area contributed by atoms with Gasteiger partial charge in [-0.15, -0.1) is 0 Å². The Kier molecular flexibility index (Phi) is 8.64. The monoisotopic (exact) mass is 564 g/mol. The summed E-state index contributed by atoms with van der Waals surface area (Å²) >= 11 is 0. The summed E-state index contributed by atoms with van der Waals surface area (Å²) in [6, 6.07) is 29.0. The molecule has 2 amide bonds. The Morgan fingerprint density at radius 1 is 0.857 bits per heavy atom. The van der Waals surface area contributed by atoms with Crippen LogP contribution in [-0.4, -0.2) is 41.8 Å². The fourth-order valence-corrected chi connectivity index (χ4v) is 5.22. The third-order valence-electron chi connectivity index (χ3n) is 7.39. The number of fused-ring (bicyclic) bond motifs is 3. The van der Waals surface area contributed by atoms with E-state index in [9.17, 15) is 19.5 Å². The van der Waals surface area contributed by atoms with Crippen LogP contribution < -0.4 is 10.6 Å². The number of ether oxygens (including phenoxy) is 2. The molecule has 3 N–H and O–H groups in total. The van der Waals surface area contributed by atoms with Gasteiger partial charge in [0.1, 0.15) is 12.6 Å². The lowest BCUT2D eigenvalue weighted by atomic mass is 9.98. The Morgan fingerprint density at radius 3 is 2.12 bits per heavy atom. The summed E-state index contributed by atoms with van der Waals surface area (Å²) in [5, 5.41) is 15.0. The second-order valence-corrected chi connectivity index (χ2v) is 10.3. The molecule has 0 heterocycles. The molecule has 214 valence electrons. The van der Waals surface area contributed by atoms with E-state index in [1.165, 1.54) is 12.1 Å². The van der Waals surface area contributed by atoms with E-state index in [1.54, 1.807) is 19.9 Å². The van der Waals surface area contributed by atoms with E-state index in [1.807, 2.05) is 66.7 Å². The van der Waals surface area contributed by atoms with Crippen LogP contribution in [0.1, 0.15) is 45.5 Å². The minimum atomic E-state index is -1.18. The molecule has 1 aliphatic rings. The highest BCUT2D eigenvalue weighted by Crippen LogP contribution is 2.44. The van der Waals surface area contributed by atoms with Gasteiger partial charge < -0.3 is 25.2 Å². The summed E-state index contributed by atoms with van der Waals surface area (Å²) in [4.78, 5) is 38.4. The molecular weight excluding hydrogens is 532 g/mol. The van der Waals surface area contributed by atoms with Gasteiger partial charge in [-0.1, -0.05) is 90.5 Å². The number of hydrogen-bond donors (Lipinski definition) is 3. The van der Waals surface area contributed by atoms with Gasteiger partial charge in [-0.05, 0) is 53.8 Å². The number of carbonyl (C=O) groups is 3. The van der Waals surface area contributed by atoms with Gasteiger partial charge in [0, 0.05) is 5.92 Å². The van der Waals surface area contributed by atoms with Gasteiger partial charge in [-0.2, -0.15) is 0 Å². The van der Waals surface area contributed by atoms with Gasteiger partial charge in [0.2, 0.25) is 5.91 Å². The van der Waals surface area contributed by atoms with Crippen LogP contribution in [0.5, 0.6) is 0 Å². The zero-order valence-corrected chi connectivity index (χ0v) is 23.4. The van der Waals surface area contributed by atoms with E-state index in [0.717, 1.165) is 33.4 Å². The minimum Gasteiger partial charge on any atom is -0.478 e. The molecule has 0 aromatic heterocycles. The van der Waals surface area contributed by atoms with Gasteiger partial charge in [-0.25, -0.2) is 9.59 Å². The molecule has 2 atom stereocenters.